The monoisotopic (exact) mass is 308 g/mol. The average Bonchev–Trinajstić information content (AvgIpc) is 2.55. The van der Waals surface area contributed by atoms with Crippen LogP contribution in [0.1, 0.15) is 60.9 Å². The van der Waals surface area contributed by atoms with Gasteiger partial charge >= 0.3 is 0 Å². The van der Waals surface area contributed by atoms with E-state index in [1.165, 1.54) is 27.8 Å². The Morgan fingerprint density at radius 3 is 2.52 bits per heavy atom. The molecule has 1 aromatic heterocycles. The smallest absolute Gasteiger partial charge is 0.0461 e. The molecule has 0 bridgehead atoms. The van der Waals surface area contributed by atoms with Gasteiger partial charge in [0.05, 0.1) is 0 Å². The number of benzene rings is 1. The van der Waals surface area contributed by atoms with Gasteiger partial charge in [-0.05, 0) is 61.9 Å². The zero-order chi connectivity index (χ0) is 16.8. The topological polar surface area (TPSA) is 25.2 Å². The Morgan fingerprint density at radius 1 is 1.13 bits per heavy atom. The molecular formula is C21H28N2. The van der Waals surface area contributed by atoms with E-state index in [1.807, 2.05) is 12.4 Å². The van der Waals surface area contributed by atoms with E-state index in [0.717, 1.165) is 25.1 Å². The fourth-order valence-corrected chi connectivity index (χ4v) is 3.05. The van der Waals surface area contributed by atoms with Gasteiger partial charge in [0.1, 0.15) is 0 Å². The lowest BCUT2D eigenvalue weighted by atomic mass is 9.92. The highest BCUT2D eigenvalue weighted by molar-refractivity contribution is 5.99. The summed E-state index contributed by atoms with van der Waals surface area (Å²) in [4.78, 5) is 9.02. The Hall–Kier alpha value is -1.96. The van der Waals surface area contributed by atoms with Crippen LogP contribution < -0.4 is 0 Å². The zero-order valence-corrected chi connectivity index (χ0v) is 15.1. The van der Waals surface area contributed by atoms with Crippen molar-refractivity contribution in [1.29, 1.82) is 0 Å². The quantitative estimate of drug-likeness (QED) is 0.668. The largest absolute Gasteiger partial charge is 0.289 e. The molecule has 2 heteroatoms. The summed E-state index contributed by atoms with van der Waals surface area (Å²) in [5.41, 5.74) is 7.73. The minimum absolute atomic E-state index is 0.483. The van der Waals surface area contributed by atoms with E-state index in [4.69, 9.17) is 4.99 Å². The van der Waals surface area contributed by atoms with Gasteiger partial charge in [-0.2, -0.15) is 0 Å². The lowest BCUT2D eigenvalue weighted by Crippen LogP contribution is -2.06. The number of rotatable bonds is 6. The first kappa shape index (κ1) is 17.4. The molecule has 1 atom stereocenters. The molecule has 0 saturated heterocycles. The van der Waals surface area contributed by atoms with Gasteiger partial charge in [-0.3, -0.25) is 9.98 Å². The SMILES string of the molecule is CCc1ccc(C(CC)C/N=C(/C)c2ccncc2C)cc1C. The number of aromatic nitrogens is 1. The van der Waals surface area contributed by atoms with E-state index in [1.54, 1.807) is 0 Å². The summed E-state index contributed by atoms with van der Waals surface area (Å²) in [6.45, 7) is 11.7. The maximum atomic E-state index is 4.86. The third-order valence-corrected chi connectivity index (χ3v) is 4.67. The first-order chi connectivity index (χ1) is 11.1. The van der Waals surface area contributed by atoms with E-state index in [0.29, 0.717) is 5.92 Å². The fraction of sp³-hybridized carbons (Fsp3) is 0.429. The molecule has 2 nitrogen and oxygen atoms in total. The second kappa shape index (κ2) is 8.05. The number of hydrogen-bond acceptors (Lipinski definition) is 2. The van der Waals surface area contributed by atoms with Crippen molar-refractivity contribution in [3.05, 3.63) is 64.5 Å². The van der Waals surface area contributed by atoms with E-state index < -0.39 is 0 Å². The molecule has 122 valence electrons. The summed E-state index contributed by atoms with van der Waals surface area (Å²) >= 11 is 0. The van der Waals surface area contributed by atoms with Crippen molar-refractivity contribution in [3.63, 3.8) is 0 Å². The molecule has 0 saturated carbocycles. The minimum Gasteiger partial charge on any atom is -0.289 e. The average molecular weight is 308 g/mol. The van der Waals surface area contributed by atoms with Crippen molar-refractivity contribution in [2.75, 3.05) is 6.54 Å². The molecule has 0 amide bonds. The van der Waals surface area contributed by atoms with Gasteiger partial charge in [0, 0.05) is 36.1 Å². The Bertz CT molecular complexity index is 686. The fourth-order valence-electron chi connectivity index (χ4n) is 3.05. The van der Waals surface area contributed by atoms with Crippen LogP contribution in [0.4, 0.5) is 0 Å². The number of aryl methyl sites for hydroxylation is 3. The van der Waals surface area contributed by atoms with Crippen molar-refractivity contribution in [3.8, 4) is 0 Å². The number of aliphatic imine (C=N–C) groups is 1. The number of hydrogen-bond donors (Lipinski definition) is 0. The number of pyridine rings is 1. The predicted octanol–water partition coefficient (Wildman–Crippen LogP) is 5.26. The van der Waals surface area contributed by atoms with Gasteiger partial charge in [0.15, 0.2) is 0 Å². The van der Waals surface area contributed by atoms with Crippen molar-refractivity contribution in [2.45, 2.75) is 53.4 Å². The molecule has 0 spiro atoms. The normalized spacial score (nSPS) is 13.2. The van der Waals surface area contributed by atoms with Gasteiger partial charge in [-0.1, -0.05) is 32.0 Å². The van der Waals surface area contributed by atoms with E-state index in [-0.39, 0.29) is 0 Å². The first-order valence-corrected chi connectivity index (χ1v) is 8.58. The lowest BCUT2D eigenvalue weighted by Gasteiger charge is -2.16. The van der Waals surface area contributed by atoms with E-state index in [9.17, 15) is 0 Å². The van der Waals surface area contributed by atoms with Crippen LogP contribution in [0.5, 0.6) is 0 Å². The van der Waals surface area contributed by atoms with Crippen LogP contribution in [-0.2, 0) is 6.42 Å². The molecule has 1 unspecified atom stereocenters. The molecule has 0 radical (unpaired) electrons. The highest BCUT2D eigenvalue weighted by Gasteiger charge is 2.11. The molecule has 1 heterocycles. The van der Waals surface area contributed by atoms with Crippen LogP contribution in [-0.4, -0.2) is 17.2 Å². The zero-order valence-electron chi connectivity index (χ0n) is 15.1. The van der Waals surface area contributed by atoms with Crippen LogP contribution >= 0.6 is 0 Å². The van der Waals surface area contributed by atoms with E-state index in [2.05, 4.69) is 63.9 Å². The standard InChI is InChI=1S/C21H28N2/c1-6-18-8-9-20(12-15(18)3)19(7-2)14-23-17(5)21-10-11-22-13-16(21)4/h8-13,19H,6-7,14H2,1-5H3/b23-17-. The van der Waals surface area contributed by atoms with Crippen LogP contribution in [0.2, 0.25) is 0 Å². The molecular weight excluding hydrogens is 280 g/mol. The molecule has 0 N–H and O–H groups in total. The Labute approximate surface area is 140 Å². The van der Waals surface area contributed by atoms with Crippen molar-refractivity contribution >= 4 is 5.71 Å². The van der Waals surface area contributed by atoms with Crippen molar-refractivity contribution in [2.24, 2.45) is 4.99 Å². The Balaban J connectivity index is 2.18. The Morgan fingerprint density at radius 2 is 1.91 bits per heavy atom. The molecule has 1 aromatic carbocycles. The van der Waals surface area contributed by atoms with Gasteiger partial charge in [-0.15, -0.1) is 0 Å². The van der Waals surface area contributed by atoms with Crippen molar-refractivity contribution in [1.82, 2.24) is 4.98 Å². The van der Waals surface area contributed by atoms with Crippen LogP contribution in [0.3, 0.4) is 0 Å². The molecule has 2 rings (SSSR count). The van der Waals surface area contributed by atoms with Gasteiger partial charge in [0.25, 0.3) is 0 Å². The van der Waals surface area contributed by atoms with Crippen LogP contribution in [0, 0.1) is 13.8 Å². The van der Waals surface area contributed by atoms with Crippen molar-refractivity contribution < 1.29 is 0 Å². The summed E-state index contributed by atoms with van der Waals surface area (Å²) in [5.74, 6) is 0.483. The van der Waals surface area contributed by atoms with Gasteiger partial charge in [-0.25, -0.2) is 0 Å². The lowest BCUT2D eigenvalue weighted by molar-refractivity contribution is 0.674. The number of nitrogens with zero attached hydrogens (tertiary/aromatic N) is 2. The molecule has 0 fully saturated rings. The summed E-state index contributed by atoms with van der Waals surface area (Å²) in [5, 5.41) is 0. The molecule has 2 aromatic rings. The summed E-state index contributed by atoms with van der Waals surface area (Å²) in [6, 6.07) is 8.95. The maximum Gasteiger partial charge on any atom is 0.0461 e. The third kappa shape index (κ3) is 4.28. The van der Waals surface area contributed by atoms with Crippen LogP contribution in [0.25, 0.3) is 0 Å². The molecule has 0 aliphatic carbocycles. The van der Waals surface area contributed by atoms with Crippen LogP contribution in [0.15, 0.2) is 41.7 Å². The molecule has 23 heavy (non-hydrogen) atoms. The second-order valence-electron chi connectivity index (χ2n) is 6.26. The summed E-state index contributed by atoms with van der Waals surface area (Å²) < 4.78 is 0. The summed E-state index contributed by atoms with van der Waals surface area (Å²) in [7, 11) is 0. The Kier molecular flexibility index (Phi) is 6.09. The third-order valence-electron chi connectivity index (χ3n) is 4.67. The van der Waals surface area contributed by atoms with Gasteiger partial charge < -0.3 is 0 Å². The summed E-state index contributed by atoms with van der Waals surface area (Å²) in [6.07, 6.45) is 5.95. The predicted molar refractivity (Wildman–Crippen MR) is 99.6 cm³/mol. The van der Waals surface area contributed by atoms with E-state index >= 15 is 0 Å². The van der Waals surface area contributed by atoms with Gasteiger partial charge in [0.2, 0.25) is 0 Å². The maximum absolute atomic E-state index is 4.86. The first-order valence-electron chi connectivity index (χ1n) is 8.58. The minimum atomic E-state index is 0.483. The highest BCUT2D eigenvalue weighted by atomic mass is 14.7. The highest BCUT2D eigenvalue weighted by Crippen LogP contribution is 2.23. The second-order valence-corrected chi connectivity index (χ2v) is 6.26. The molecule has 0 aliphatic heterocycles. The molecule has 0 aliphatic rings.